The third kappa shape index (κ3) is 3.83. The van der Waals surface area contributed by atoms with Crippen molar-refractivity contribution >= 4 is 0 Å². The average Bonchev–Trinajstić information content (AvgIpc) is 2.45. The van der Waals surface area contributed by atoms with Gasteiger partial charge in [0.1, 0.15) is 0 Å². The van der Waals surface area contributed by atoms with Crippen LogP contribution in [-0.2, 0) is 6.54 Å². The van der Waals surface area contributed by atoms with Crippen LogP contribution in [0.3, 0.4) is 0 Å². The number of phenols is 1. The molecule has 0 fully saturated rings. The maximum absolute atomic E-state index is 10.0. The van der Waals surface area contributed by atoms with E-state index in [0.29, 0.717) is 30.9 Å². The first-order valence-corrected chi connectivity index (χ1v) is 6.52. The molecule has 0 saturated heterocycles. The molecule has 0 amide bonds. The summed E-state index contributed by atoms with van der Waals surface area (Å²) in [6.07, 6.45) is 0.589. The Morgan fingerprint density at radius 1 is 1.21 bits per heavy atom. The summed E-state index contributed by atoms with van der Waals surface area (Å²) < 4.78 is 5.31. The van der Waals surface area contributed by atoms with Gasteiger partial charge in [0.2, 0.25) is 0 Å². The number of ether oxygens (including phenoxy) is 1. The van der Waals surface area contributed by atoms with Crippen molar-refractivity contribution in [2.45, 2.75) is 32.4 Å². The van der Waals surface area contributed by atoms with E-state index in [1.54, 1.807) is 18.2 Å². The largest absolute Gasteiger partial charge is 0.504 e. The fourth-order valence-electron chi connectivity index (χ4n) is 1.78. The van der Waals surface area contributed by atoms with Gasteiger partial charge in [-0.15, -0.1) is 0 Å². The van der Waals surface area contributed by atoms with Gasteiger partial charge in [-0.05, 0) is 19.4 Å². The van der Waals surface area contributed by atoms with Crippen molar-refractivity contribution in [2.75, 3.05) is 19.8 Å². The molecule has 0 aliphatic rings. The number of aromatic hydroxyl groups is 1. The first kappa shape index (κ1) is 15.8. The molecule has 5 nitrogen and oxygen atoms in total. The molecule has 1 aromatic rings. The highest BCUT2D eigenvalue weighted by molar-refractivity contribution is 5.45. The molecule has 108 valence electrons. The number of aliphatic hydroxyl groups excluding tert-OH is 2. The van der Waals surface area contributed by atoms with Gasteiger partial charge in [-0.2, -0.15) is 0 Å². The Balaban J connectivity index is 2.80. The van der Waals surface area contributed by atoms with Crippen molar-refractivity contribution in [1.29, 1.82) is 0 Å². The lowest BCUT2D eigenvalue weighted by Gasteiger charge is -2.30. The summed E-state index contributed by atoms with van der Waals surface area (Å²) >= 11 is 0. The molecule has 0 aliphatic heterocycles. The van der Waals surface area contributed by atoms with Crippen LogP contribution in [-0.4, -0.2) is 40.7 Å². The van der Waals surface area contributed by atoms with Crippen molar-refractivity contribution in [1.82, 2.24) is 5.32 Å². The molecular weight excluding hydrogens is 246 g/mol. The van der Waals surface area contributed by atoms with Crippen LogP contribution in [0.1, 0.15) is 25.8 Å². The average molecular weight is 269 g/mol. The zero-order chi connectivity index (χ0) is 14.3. The molecule has 0 bridgehead atoms. The molecule has 0 radical (unpaired) electrons. The lowest BCUT2D eigenvalue weighted by atomic mass is 9.98. The predicted molar refractivity (Wildman–Crippen MR) is 73.3 cm³/mol. The fourth-order valence-corrected chi connectivity index (χ4v) is 1.78. The molecule has 0 spiro atoms. The lowest BCUT2D eigenvalue weighted by Crippen LogP contribution is -2.50. The summed E-state index contributed by atoms with van der Waals surface area (Å²) in [5.74, 6) is 0.537. The summed E-state index contributed by atoms with van der Waals surface area (Å²) in [4.78, 5) is 0. The standard InChI is InChI=1S/C14H23NO4/c1-3-14(9-16,10-17)15-8-11-6-5-7-12(13(11)18)19-4-2/h5-7,15-18H,3-4,8-10H2,1-2H3. The van der Waals surface area contributed by atoms with E-state index in [1.165, 1.54) is 0 Å². The van der Waals surface area contributed by atoms with Crippen LogP contribution in [0.25, 0.3) is 0 Å². The highest BCUT2D eigenvalue weighted by Crippen LogP contribution is 2.30. The Morgan fingerprint density at radius 2 is 1.89 bits per heavy atom. The number of para-hydroxylation sites is 1. The highest BCUT2D eigenvalue weighted by Gasteiger charge is 2.26. The van der Waals surface area contributed by atoms with Crippen LogP contribution in [0.5, 0.6) is 11.5 Å². The van der Waals surface area contributed by atoms with Gasteiger partial charge in [-0.1, -0.05) is 19.1 Å². The Kier molecular flexibility index (Phi) is 6.08. The van der Waals surface area contributed by atoms with Gasteiger partial charge in [0, 0.05) is 12.1 Å². The third-order valence-electron chi connectivity index (χ3n) is 3.32. The van der Waals surface area contributed by atoms with Crippen molar-refractivity contribution in [3.05, 3.63) is 23.8 Å². The zero-order valence-electron chi connectivity index (χ0n) is 11.5. The number of hydrogen-bond donors (Lipinski definition) is 4. The molecule has 5 heteroatoms. The van der Waals surface area contributed by atoms with E-state index in [9.17, 15) is 15.3 Å². The number of phenolic OH excluding ortho intramolecular Hbond substituents is 1. The van der Waals surface area contributed by atoms with E-state index in [2.05, 4.69) is 5.32 Å². The second kappa shape index (κ2) is 7.33. The van der Waals surface area contributed by atoms with Crippen molar-refractivity contribution in [3.63, 3.8) is 0 Å². The minimum absolute atomic E-state index is 0.0951. The van der Waals surface area contributed by atoms with Crippen molar-refractivity contribution in [2.24, 2.45) is 0 Å². The SMILES string of the molecule is CCOc1cccc(CNC(CC)(CO)CO)c1O. The number of hydrogen-bond acceptors (Lipinski definition) is 5. The van der Waals surface area contributed by atoms with E-state index >= 15 is 0 Å². The van der Waals surface area contributed by atoms with E-state index in [4.69, 9.17) is 4.74 Å². The fraction of sp³-hybridized carbons (Fsp3) is 0.571. The van der Waals surface area contributed by atoms with E-state index < -0.39 is 5.54 Å². The third-order valence-corrected chi connectivity index (χ3v) is 3.32. The molecule has 19 heavy (non-hydrogen) atoms. The highest BCUT2D eigenvalue weighted by atomic mass is 16.5. The summed E-state index contributed by atoms with van der Waals surface area (Å²) in [6, 6.07) is 5.28. The first-order chi connectivity index (χ1) is 9.12. The van der Waals surface area contributed by atoms with Gasteiger partial charge >= 0.3 is 0 Å². The van der Waals surface area contributed by atoms with Crippen molar-refractivity contribution < 1.29 is 20.1 Å². The molecule has 0 aromatic heterocycles. The lowest BCUT2D eigenvalue weighted by molar-refractivity contribution is 0.0862. The minimum Gasteiger partial charge on any atom is -0.504 e. The van der Waals surface area contributed by atoms with Gasteiger partial charge in [0.05, 0.1) is 25.4 Å². The van der Waals surface area contributed by atoms with Gasteiger partial charge in [-0.3, -0.25) is 0 Å². The van der Waals surface area contributed by atoms with Crippen molar-refractivity contribution in [3.8, 4) is 11.5 Å². The van der Waals surface area contributed by atoms with Gasteiger partial charge < -0.3 is 25.4 Å². The Hall–Kier alpha value is -1.30. The van der Waals surface area contributed by atoms with Crippen LogP contribution in [0.2, 0.25) is 0 Å². The summed E-state index contributed by atoms with van der Waals surface area (Å²) in [5, 5.41) is 31.8. The number of nitrogens with one attached hydrogen (secondary N) is 1. The molecule has 0 heterocycles. The quantitative estimate of drug-likeness (QED) is 0.566. The monoisotopic (exact) mass is 269 g/mol. The van der Waals surface area contributed by atoms with E-state index in [0.717, 1.165) is 0 Å². The maximum atomic E-state index is 10.0. The number of aliphatic hydroxyl groups is 2. The maximum Gasteiger partial charge on any atom is 0.162 e. The Bertz CT molecular complexity index is 383. The summed E-state index contributed by atoms with van der Waals surface area (Å²) in [5.41, 5.74) is -0.0562. The van der Waals surface area contributed by atoms with Crippen LogP contribution < -0.4 is 10.1 Å². The van der Waals surface area contributed by atoms with Gasteiger partial charge in [0.15, 0.2) is 11.5 Å². The van der Waals surface area contributed by atoms with E-state index in [-0.39, 0.29) is 19.0 Å². The van der Waals surface area contributed by atoms with Gasteiger partial charge in [0.25, 0.3) is 0 Å². The number of benzene rings is 1. The van der Waals surface area contributed by atoms with Gasteiger partial charge in [-0.25, -0.2) is 0 Å². The second-order valence-corrected chi connectivity index (χ2v) is 4.50. The molecule has 0 atom stereocenters. The molecule has 1 rings (SSSR count). The molecule has 1 aromatic carbocycles. The number of rotatable bonds is 8. The molecule has 0 saturated carbocycles. The zero-order valence-corrected chi connectivity index (χ0v) is 11.5. The first-order valence-electron chi connectivity index (χ1n) is 6.52. The minimum atomic E-state index is -0.728. The Labute approximate surface area is 113 Å². The molecule has 4 N–H and O–H groups in total. The summed E-state index contributed by atoms with van der Waals surface area (Å²) in [6.45, 7) is 4.25. The molecule has 0 unspecified atom stereocenters. The van der Waals surface area contributed by atoms with Crippen LogP contribution in [0.15, 0.2) is 18.2 Å². The molecular formula is C14H23NO4. The van der Waals surface area contributed by atoms with Crippen LogP contribution >= 0.6 is 0 Å². The van der Waals surface area contributed by atoms with Crippen LogP contribution in [0, 0.1) is 0 Å². The predicted octanol–water partition coefficient (Wildman–Crippen LogP) is 1.01. The topological polar surface area (TPSA) is 82.0 Å². The normalized spacial score (nSPS) is 11.6. The second-order valence-electron chi connectivity index (χ2n) is 4.50. The van der Waals surface area contributed by atoms with Crippen LogP contribution in [0.4, 0.5) is 0 Å². The Morgan fingerprint density at radius 3 is 2.42 bits per heavy atom. The smallest absolute Gasteiger partial charge is 0.162 e. The van der Waals surface area contributed by atoms with E-state index in [1.807, 2.05) is 13.8 Å². The summed E-state index contributed by atoms with van der Waals surface area (Å²) in [7, 11) is 0. The molecule has 0 aliphatic carbocycles.